The summed E-state index contributed by atoms with van der Waals surface area (Å²) in [6.45, 7) is 5.46. The van der Waals surface area contributed by atoms with E-state index in [4.69, 9.17) is 14.6 Å². The van der Waals surface area contributed by atoms with Crippen LogP contribution in [0.5, 0.6) is 0 Å². The van der Waals surface area contributed by atoms with Crippen LogP contribution in [0.4, 0.5) is 0 Å². The number of carbonyl (C=O) groups excluding carboxylic acids is 1. The largest absolute Gasteiger partial charge is 0.446 e. The van der Waals surface area contributed by atoms with Crippen LogP contribution >= 0.6 is 0 Å². The molecule has 262 valence electrons. The smallest absolute Gasteiger partial charge is 0.310 e. The maximum Gasteiger partial charge on any atom is 0.310 e. The highest BCUT2D eigenvalue weighted by molar-refractivity contribution is 5.73. The highest BCUT2D eigenvalue weighted by Gasteiger charge is 2.42. The number of hydrogen-bond acceptors (Lipinski definition) is 4. The Hall–Kier alpha value is -1.05. The summed E-state index contributed by atoms with van der Waals surface area (Å²) >= 11 is 0. The van der Waals surface area contributed by atoms with Gasteiger partial charge in [0.15, 0.2) is 5.60 Å². The zero-order valence-corrected chi connectivity index (χ0v) is 30.0. The van der Waals surface area contributed by atoms with Crippen LogP contribution in [0, 0.1) is 59.2 Å². The van der Waals surface area contributed by atoms with E-state index in [1.807, 2.05) is 0 Å². The Balaban J connectivity index is 1.15. The van der Waals surface area contributed by atoms with Gasteiger partial charge in [-0.2, -0.15) is 0 Å². The first kappa shape index (κ1) is 36.2. The molecule has 0 aromatic heterocycles. The van der Waals surface area contributed by atoms with E-state index in [2.05, 4.69) is 25.7 Å². The van der Waals surface area contributed by atoms with Crippen LogP contribution in [-0.4, -0.2) is 36.0 Å². The number of carbonyl (C=O) groups is 1. The first-order chi connectivity index (χ1) is 22.5. The van der Waals surface area contributed by atoms with Crippen molar-refractivity contribution in [2.24, 2.45) is 47.3 Å². The standard InChI is InChI=1S/C42H70O4/c1-3-6-32-8-14-35(15-9-32)36-18-12-34(13-19-36)24-27-42(46-41(44)39-20-22-40(23-21-39)45-31-5-30-43)28-25-38(26-29-42)37-16-10-33(7-4-2)11-17-37/h32-40,43H,3-23,25-26,28-31H2,1-2H3. The lowest BCUT2D eigenvalue weighted by atomic mass is 9.67. The molecule has 0 bridgehead atoms. The van der Waals surface area contributed by atoms with Gasteiger partial charge in [0, 0.05) is 19.1 Å². The summed E-state index contributed by atoms with van der Waals surface area (Å²) in [6.07, 6.45) is 30.8. The van der Waals surface area contributed by atoms with Gasteiger partial charge in [0.05, 0.1) is 12.0 Å². The molecule has 0 heterocycles. The fraction of sp³-hybridized carbons (Fsp3) is 0.929. The van der Waals surface area contributed by atoms with Gasteiger partial charge in [0.25, 0.3) is 0 Å². The summed E-state index contributed by atoms with van der Waals surface area (Å²) in [7, 11) is 0. The number of hydrogen-bond donors (Lipinski definition) is 1. The molecule has 46 heavy (non-hydrogen) atoms. The van der Waals surface area contributed by atoms with Crippen molar-refractivity contribution >= 4 is 5.97 Å². The fourth-order valence-electron chi connectivity index (χ4n) is 10.6. The third-order valence-electron chi connectivity index (χ3n) is 13.6. The van der Waals surface area contributed by atoms with Crippen LogP contribution in [0.25, 0.3) is 0 Å². The highest BCUT2D eigenvalue weighted by atomic mass is 16.6. The van der Waals surface area contributed by atoms with Crippen molar-refractivity contribution in [3.8, 4) is 11.8 Å². The van der Waals surface area contributed by atoms with Gasteiger partial charge < -0.3 is 14.6 Å². The Morgan fingerprint density at radius 3 is 1.67 bits per heavy atom. The first-order valence-corrected chi connectivity index (χ1v) is 20.5. The SMILES string of the molecule is CCCC1CCC(C2CCC(C#CC3(OC(=O)C4CCC(OCCCO)CC4)CCC(C4CCC(CCC)CC4)CC3)CC2)CC1. The van der Waals surface area contributed by atoms with E-state index in [1.165, 1.54) is 116 Å². The fourth-order valence-corrected chi connectivity index (χ4v) is 10.6. The minimum absolute atomic E-state index is 0.00372. The molecule has 0 spiro atoms. The molecule has 1 N–H and O–H groups in total. The average Bonchev–Trinajstić information content (AvgIpc) is 3.09. The van der Waals surface area contributed by atoms with E-state index < -0.39 is 5.60 Å². The lowest BCUT2D eigenvalue weighted by Gasteiger charge is -2.42. The molecule has 4 nitrogen and oxygen atoms in total. The van der Waals surface area contributed by atoms with E-state index >= 15 is 0 Å². The molecule has 0 radical (unpaired) electrons. The monoisotopic (exact) mass is 639 g/mol. The first-order valence-electron chi connectivity index (χ1n) is 20.5. The molecule has 5 saturated carbocycles. The van der Waals surface area contributed by atoms with Crippen LogP contribution in [-0.2, 0) is 14.3 Å². The maximum absolute atomic E-state index is 13.7. The van der Waals surface area contributed by atoms with Gasteiger partial charge in [0.2, 0.25) is 0 Å². The lowest BCUT2D eigenvalue weighted by Crippen LogP contribution is -2.42. The molecular weight excluding hydrogens is 568 g/mol. The molecular formula is C42H70O4. The van der Waals surface area contributed by atoms with E-state index in [9.17, 15) is 4.79 Å². The Bertz CT molecular complexity index is 924. The second-order valence-electron chi connectivity index (χ2n) is 16.7. The molecule has 4 heteroatoms. The summed E-state index contributed by atoms with van der Waals surface area (Å²) in [4.78, 5) is 13.7. The second kappa shape index (κ2) is 18.6. The number of esters is 1. The molecule has 5 rings (SSSR count). The minimum atomic E-state index is -0.573. The zero-order valence-electron chi connectivity index (χ0n) is 30.0. The van der Waals surface area contributed by atoms with Crippen molar-refractivity contribution < 1.29 is 19.4 Å². The van der Waals surface area contributed by atoms with Crippen LogP contribution in [0.3, 0.4) is 0 Å². The van der Waals surface area contributed by atoms with Gasteiger partial charge in [-0.1, -0.05) is 77.1 Å². The molecule has 0 aliphatic heterocycles. The number of aliphatic hydroxyl groups excluding tert-OH is 1. The summed E-state index contributed by atoms with van der Waals surface area (Å²) in [5.41, 5.74) is -0.573. The van der Waals surface area contributed by atoms with Gasteiger partial charge in [-0.25, -0.2) is 0 Å². The second-order valence-corrected chi connectivity index (χ2v) is 16.7. The Morgan fingerprint density at radius 2 is 1.17 bits per heavy atom. The number of ether oxygens (including phenoxy) is 2. The Kier molecular flexibility index (Phi) is 14.7. The van der Waals surface area contributed by atoms with Crippen molar-refractivity contribution in [1.29, 1.82) is 0 Å². The highest BCUT2D eigenvalue weighted by Crippen LogP contribution is 2.46. The predicted octanol–water partition coefficient (Wildman–Crippen LogP) is 10.4. The minimum Gasteiger partial charge on any atom is -0.446 e. The van der Waals surface area contributed by atoms with E-state index in [-0.39, 0.29) is 24.6 Å². The van der Waals surface area contributed by atoms with E-state index in [1.54, 1.807) is 0 Å². The average molecular weight is 639 g/mol. The Morgan fingerprint density at radius 1 is 0.674 bits per heavy atom. The zero-order chi connectivity index (χ0) is 32.2. The van der Waals surface area contributed by atoms with Gasteiger partial charge in [0.1, 0.15) is 0 Å². The molecule has 0 saturated heterocycles. The molecule has 0 atom stereocenters. The van der Waals surface area contributed by atoms with Crippen molar-refractivity contribution in [1.82, 2.24) is 0 Å². The lowest BCUT2D eigenvalue weighted by molar-refractivity contribution is -0.165. The third-order valence-corrected chi connectivity index (χ3v) is 13.6. The molecule has 0 amide bonds. The predicted molar refractivity (Wildman–Crippen MR) is 188 cm³/mol. The maximum atomic E-state index is 13.7. The van der Waals surface area contributed by atoms with Crippen LogP contribution < -0.4 is 0 Å². The van der Waals surface area contributed by atoms with Gasteiger partial charge in [-0.15, -0.1) is 0 Å². The molecule has 5 aliphatic rings. The topological polar surface area (TPSA) is 55.8 Å². The van der Waals surface area contributed by atoms with Gasteiger partial charge in [-0.3, -0.25) is 4.79 Å². The number of rotatable bonds is 12. The summed E-state index contributed by atoms with van der Waals surface area (Å²) < 4.78 is 12.5. The summed E-state index contributed by atoms with van der Waals surface area (Å²) in [6, 6.07) is 0. The third kappa shape index (κ3) is 10.5. The quantitative estimate of drug-likeness (QED) is 0.131. The van der Waals surface area contributed by atoms with Crippen molar-refractivity contribution in [3.63, 3.8) is 0 Å². The molecule has 5 aliphatic carbocycles. The molecule has 5 fully saturated rings. The van der Waals surface area contributed by atoms with Crippen LogP contribution in [0.1, 0.15) is 174 Å². The van der Waals surface area contributed by atoms with Crippen molar-refractivity contribution in [2.75, 3.05) is 13.2 Å². The van der Waals surface area contributed by atoms with E-state index in [0.717, 1.165) is 74.0 Å². The molecule has 0 aromatic rings. The van der Waals surface area contributed by atoms with Gasteiger partial charge >= 0.3 is 5.97 Å². The number of aliphatic hydroxyl groups is 1. The summed E-state index contributed by atoms with van der Waals surface area (Å²) in [5.74, 6) is 13.4. The van der Waals surface area contributed by atoms with Crippen molar-refractivity contribution in [3.05, 3.63) is 0 Å². The van der Waals surface area contributed by atoms with Crippen molar-refractivity contribution in [2.45, 2.75) is 186 Å². The van der Waals surface area contributed by atoms with Crippen LogP contribution in [0.2, 0.25) is 0 Å². The molecule has 0 aromatic carbocycles. The van der Waals surface area contributed by atoms with Gasteiger partial charge in [-0.05, 0) is 145 Å². The normalized spacial score (nSPS) is 38.8. The summed E-state index contributed by atoms with van der Waals surface area (Å²) in [5, 5.41) is 9.07. The van der Waals surface area contributed by atoms with E-state index in [0.29, 0.717) is 18.9 Å². The Labute approximate surface area is 283 Å². The molecule has 0 unspecified atom stereocenters. The van der Waals surface area contributed by atoms with Crippen LogP contribution in [0.15, 0.2) is 0 Å².